The van der Waals surface area contributed by atoms with E-state index in [0.29, 0.717) is 6.04 Å². The fourth-order valence-electron chi connectivity index (χ4n) is 3.52. The minimum absolute atomic E-state index is 0.683. The Labute approximate surface area is 118 Å². The molecule has 1 saturated carbocycles. The van der Waals surface area contributed by atoms with Gasteiger partial charge in [-0.05, 0) is 56.7 Å². The van der Waals surface area contributed by atoms with Crippen molar-refractivity contribution in [1.82, 2.24) is 5.32 Å². The molecule has 1 aromatic carbocycles. The van der Waals surface area contributed by atoms with Gasteiger partial charge in [0.25, 0.3) is 0 Å². The van der Waals surface area contributed by atoms with Crippen LogP contribution in [0.2, 0.25) is 0 Å². The van der Waals surface area contributed by atoms with Crippen molar-refractivity contribution in [2.75, 3.05) is 25.5 Å². The van der Waals surface area contributed by atoms with Gasteiger partial charge in [-0.3, -0.25) is 0 Å². The van der Waals surface area contributed by atoms with Gasteiger partial charge in [0.05, 0.1) is 0 Å². The molecule has 0 bridgehead atoms. The van der Waals surface area contributed by atoms with Crippen LogP contribution in [0.1, 0.15) is 31.7 Å². The molecule has 2 nitrogen and oxygen atoms in total. The van der Waals surface area contributed by atoms with Gasteiger partial charge in [0.2, 0.25) is 0 Å². The van der Waals surface area contributed by atoms with Crippen molar-refractivity contribution in [2.24, 2.45) is 11.8 Å². The van der Waals surface area contributed by atoms with Crippen molar-refractivity contribution in [3.63, 3.8) is 0 Å². The summed E-state index contributed by atoms with van der Waals surface area (Å²) < 4.78 is 0. The molecule has 0 amide bonds. The molecular weight excluding hydrogens is 232 g/mol. The molecule has 3 unspecified atom stereocenters. The van der Waals surface area contributed by atoms with Crippen LogP contribution >= 0.6 is 0 Å². The van der Waals surface area contributed by atoms with Crippen LogP contribution in [-0.2, 0) is 0 Å². The minimum Gasteiger partial charge on any atom is -0.374 e. The van der Waals surface area contributed by atoms with Gasteiger partial charge in [0.15, 0.2) is 0 Å². The minimum atomic E-state index is 0.683. The quantitative estimate of drug-likeness (QED) is 0.892. The van der Waals surface area contributed by atoms with Crippen molar-refractivity contribution < 1.29 is 0 Å². The third kappa shape index (κ3) is 3.50. The second kappa shape index (κ2) is 6.42. The Morgan fingerprint density at radius 2 is 2.00 bits per heavy atom. The molecule has 1 aliphatic carbocycles. The van der Waals surface area contributed by atoms with E-state index in [4.69, 9.17) is 0 Å². The SMILES string of the molecule is CNC1CCC(C)CC1CN(C)c1ccccc1C. The summed E-state index contributed by atoms with van der Waals surface area (Å²) in [5.74, 6) is 1.64. The molecule has 106 valence electrons. The Morgan fingerprint density at radius 1 is 1.26 bits per heavy atom. The van der Waals surface area contributed by atoms with E-state index in [1.807, 2.05) is 0 Å². The molecule has 19 heavy (non-hydrogen) atoms. The van der Waals surface area contributed by atoms with Crippen LogP contribution in [0.5, 0.6) is 0 Å². The van der Waals surface area contributed by atoms with Crippen molar-refractivity contribution in [3.05, 3.63) is 29.8 Å². The molecule has 0 heterocycles. The van der Waals surface area contributed by atoms with Gasteiger partial charge in [-0.1, -0.05) is 25.1 Å². The fraction of sp³-hybridized carbons (Fsp3) is 0.647. The van der Waals surface area contributed by atoms with E-state index in [0.717, 1.165) is 18.4 Å². The molecule has 1 aliphatic rings. The molecular formula is C17H28N2. The predicted octanol–water partition coefficient (Wildman–Crippen LogP) is 3.46. The van der Waals surface area contributed by atoms with Crippen LogP contribution in [-0.4, -0.2) is 26.7 Å². The number of aryl methyl sites for hydroxylation is 1. The van der Waals surface area contributed by atoms with Crippen molar-refractivity contribution in [2.45, 2.75) is 39.2 Å². The number of anilines is 1. The summed E-state index contributed by atoms with van der Waals surface area (Å²) in [6, 6.07) is 9.37. The molecule has 2 heteroatoms. The lowest BCUT2D eigenvalue weighted by atomic mass is 9.78. The number of hydrogen-bond acceptors (Lipinski definition) is 2. The molecule has 1 N–H and O–H groups in total. The highest BCUT2D eigenvalue weighted by Gasteiger charge is 2.28. The maximum atomic E-state index is 3.52. The lowest BCUT2D eigenvalue weighted by molar-refractivity contribution is 0.225. The largest absolute Gasteiger partial charge is 0.374 e. The van der Waals surface area contributed by atoms with E-state index in [2.05, 4.69) is 62.4 Å². The molecule has 0 saturated heterocycles. The van der Waals surface area contributed by atoms with Crippen LogP contribution < -0.4 is 10.2 Å². The molecule has 0 aromatic heterocycles. The summed E-state index contributed by atoms with van der Waals surface area (Å²) in [6.07, 6.45) is 4.04. The highest BCUT2D eigenvalue weighted by molar-refractivity contribution is 5.52. The fourth-order valence-corrected chi connectivity index (χ4v) is 3.52. The maximum absolute atomic E-state index is 3.52. The third-order valence-corrected chi connectivity index (χ3v) is 4.65. The number of benzene rings is 1. The smallest absolute Gasteiger partial charge is 0.0393 e. The number of rotatable bonds is 4. The first-order valence-electron chi connectivity index (χ1n) is 7.55. The molecule has 2 rings (SSSR count). The van der Waals surface area contributed by atoms with Crippen molar-refractivity contribution in [3.8, 4) is 0 Å². The number of nitrogens with one attached hydrogen (secondary N) is 1. The van der Waals surface area contributed by atoms with Gasteiger partial charge >= 0.3 is 0 Å². The number of para-hydroxylation sites is 1. The first kappa shape index (κ1) is 14.4. The lowest BCUT2D eigenvalue weighted by Crippen LogP contribution is -2.43. The summed E-state index contributed by atoms with van der Waals surface area (Å²) in [4.78, 5) is 2.43. The summed E-state index contributed by atoms with van der Waals surface area (Å²) in [5, 5.41) is 3.52. The van der Waals surface area contributed by atoms with E-state index in [1.165, 1.54) is 30.5 Å². The molecule has 0 radical (unpaired) electrons. The highest BCUT2D eigenvalue weighted by atomic mass is 15.1. The summed E-state index contributed by atoms with van der Waals surface area (Å²) in [6.45, 7) is 5.75. The van der Waals surface area contributed by atoms with Crippen molar-refractivity contribution >= 4 is 5.69 Å². The van der Waals surface area contributed by atoms with Crippen LogP contribution in [0.15, 0.2) is 24.3 Å². The van der Waals surface area contributed by atoms with Gasteiger partial charge in [-0.15, -0.1) is 0 Å². The third-order valence-electron chi connectivity index (χ3n) is 4.65. The van der Waals surface area contributed by atoms with Gasteiger partial charge in [-0.2, -0.15) is 0 Å². The van der Waals surface area contributed by atoms with Crippen LogP contribution in [0.4, 0.5) is 5.69 Å². The molecule has 1 aromatic rings. The maximum Gasteiger partial charge on any atom is 0.0393 e. The van der Waals surface area contributed by atoms with Crippen LogP contribution in [0.3, 0.4) is 0 Å². The predicted molar refractivity (Wildman–Crippen MR) is 83.8 cm³/mol. The summed E-state index contributed by atoms with van der Waals surface area (Å²) in [5.41, 5.74) is 2.74. The van der Waals surface area contributed by atoms with E-state index in [9.17, 15) is 0 Å². The zero-order valence-corrected chi connectivity index (χ0v) is 12.8. The molecule has 1 fully saturated rings. The Bertz CT molecular complexity index is 402. The highest BCUT2D eigenvalue weighted by Crippen LogP contribution is 2.30. The molecule has 3 atom stereocenters. The van der Waals surface area contributed by atoms with E-state index in [1.54, 1.807) is 0 Å². The Hall–Kier alpha value is -1.02. The number of hydrogen-bond donors (Lipinski definition) is 1. The second-order valence-electron chi connectivity index (χ2n) is 6.24. The lowest BCUT2D eigenvalue weighted by Gasteiger charge is -2.37. The zero-order valence-electron chi connectivity index (χ0n) is 12.8. The zero-order chi connectivity index (χ0) is 13.8. The monoisotopic (exact) mass is 260 g/mol. The van der Waals surface area contributed by atoms with Crippen LogP contribution in [0, 0.1) is 18.8 Å². The van der Waals surface area contributed by atoms with E-state index in [-0.39, 0.29) is 0 Å². The Balaban J connectivity index is 2.04. The Morgan fingerprint density at radius 3 is 2.68 bits per heavy atom. The van der Waals surface area contributed by atoms with Gasteiger partial charge in [0.1, 0.15) is 0 Å². The number of nitrogens with zero attached hydrogens (tertiary/aromatic N) is 1. The normalized spacial score (nSPS) is 27.3. The topological polar surface area (TPSA) is 15.3 Å². The summed E-state index contributed by atoms with van der Waals surface area (Å²) >= 11 is 0. The second-order valence-corrected chi connectivity index (χ2v) is 6.24. The van der Waals surface area contributed by atoms with E-state index >= 15 is 0 Å². The summed E-state index contributed by atoms with van der Waals surface area (Å²) in [7, 11) is 4.34. The first-order chi connectivity index (χ1) is 9.11. The first-order valence-corrected chi connectivity index (χ1v) is 7.55. The van der Waals surface area contributed by atoms with Gasteiger partial charge in [0, 0.05) is 25.3 Å². The molecule has 0 aliphatic heterocycles. The van der Waals surface area contributed by atoms with E-state index < -0.39 is 0 Å². The molecule has 0 spiro atoms. The average Bonchev–Trinajstić information content (AvgIpc) is 2.39. The van der Waals surface area contributed by atoms with Gasteiger partial charge in [-0.25, -0.2) is 0 Å². The average molecular weight is 260 g/mol. The van der Waals surface area contributed by atoms with Crippen LogP contribution in [0.25, 0.3) is 0 Å². The van der Waals surface area contributed by atoms with Gasteiger partial charge < -0.3 is 10.2 Å². The standard InChI is InChI=1S/C17H28N2/c1-13-9-10-16(18-3)15(11-13)12-19(4)17-8-6-5-7-14(17)2/h5-8,13,15-16,18H,9-12H2,1-4H3. The Kier molecular flexibility index (Phi) is 4.87. The van der Waals surface area contributed by atoms with Crippen molar-refractivity contribution in [1.29, 1.82) is 0 Å².